The fraction of sp³-hybridized carbons (Fsp3) is 0.333. The highest BCUT2D eigenvalue weighted by Gasteiger charge is 2.38. The third-order valence-corrected chi connectivity index (χ3v) is 7.09. The molecule has 0 saturated carbocycles. The Morgan fingerprint density at radius 2 is 2.00 bits per heavy atom. The number of carbonyl (C=O) groups is 1. The molecule has 1 unspecified atom stereocenters. The van der Waals surface area contributed by atoms with Gasteiger partial charge in [0.05, 0.1) is 29.7 Å². The normalized spacial score (nSPS) is 17.9. The molecule has 1 aliphatic heterocycles. The Balaban J connectivity index is 1.59. The summed E-state index contributed by atoms with van der Waals surface area (Å²) in [7, 11) is -3.36. The van der Waals surface area contributed by atoms with Crippen LogP contribution in [0.1, 0.15) is 24.4 Å². The Labute approximate surface area is 191 Å². The molecular formula is C21H18F4N4O4S. The maximum Gasteiger partial charge on any atom is 0.471 e. The van der Waals surface area contributed by atoms with Crippen LogP contribution in [-0.2, 0) is 27.4 Å². The summed E-state index contributed by atoms with van der Waals surface area (Å²) < 4.78 is 80.2. The molecule has 0 aliphatic carbocycles. The van der Waals surface area contributed by atoms with Gasteiger partial charge < -0.3 is 9.42 Å². The summed E-state index contributed by atoms with van der Waals surface area (Å²) in [6.45, 7) is -0.112. The number of nitrogens with zero attached hydrogens (tertiary/aromatic N) is 4. The summed E-state index contributed by atoms with van der Waals surface area (Å²) in [6, 6.07) is 8.17. The van der Waals surface area contributed by atoms with Gasteiger partial charge in [0.25, 0.3) is 0 Å². The first-order chi connectivity index (χ1) is 16.0. The summed E-state index contributed by atoms with van der Waals surface area (Å²) in [5.74, 6) is -3.90. The van der Waals surface area contributed by atoms with E-state index < -0.39 is 39.5 Å². The summed E-state index contributed by atoms with van der Waals surface area (Å²) >= 11 is 0. The number of pyridine rings is 1. The molecule has 1 saturated heterocycles. The van der Waals surface area contributed by atoms with Crippen LogP contribution in [0.4, 0.5) is 23.2 Å². The van der Waals surface area contributed by atoms with E-state index in [1.165, 1.54) is 41.4 Å². The molecule has 0 N–H and O–H groups in total. The van der Waals surface area contributed by atoms with E-state index in [9.17, 15) is 30.8 Å². The lowest BCUT2D eigenvalue weighted by molar-refractivity contribution is -0.159. The molecular weight excluding hydrogens is 480 g/mol. The first-order valence-electron chi connectivity index (χ1n) is 10.2. The quantitative estimate of drug-likeness (QED) is 0.495. The molecule has 1 aromatic carbocycles. The minimum Gasteiger partial charge on any atom is -0.329 e. The molecule has 34 heavy (non-hydrogen) atoms. The van der Waals surface area contributed by atoms with E-state index in [0.717, 1.165) is 6.07 Å². The number of aromatic nitrogens is 3. The van der Waals surface area contributed by atoms with Crippen molar-refractivity contribution in [3.63, 3.8) is 0 Å². The fourth-order valence-corrected chi connectivity index (χ4v) is 5.34. The maximum atomic E-state index is 13.9. The molecule has 13 heteroatoms. The number of halogens is 4. The number of benzene rings is 1. The highest BCUT2D eigenvalue weighted by Crippen LogP contribution is 2.30. The van der Waals surface area contributed by atoms with Crippen molar-refractivity contribution in [2.45, 2.75) is 25.6 Å². The van der Waals surface area contributed by atoms with Gasteiger partial charge in [0.1, 0.15) is 5.82 Å². The van der Waals surface area contributed by atoms with Gasteiger partial charge >= 0.3 is 12.1 Å². The lowest BCUT2D eigenvalue weighted by atomic mass is 10.0. The first kappa shape index (κ1) is 23.8. The molecule has 0 spiro atoms. The minimum atomic E-state index is -4.78. The van der Waals surface area contributed by atoms with E-state index >= 15 is 0 Å². The summed E-state index contributed by atoms with van der Waals surface area (Å²) in [6.07, 6.45) is -2.82. The molecule has 1 amide bonds. The number of sulfone groups is 1. The molecule has 1 fully saturated rings. The van der Waals surface area contributed by atoms with Gasteiger partial charge in [0.15, 0.2) is 9.84 Å². The second kappa shape index (κ2) is 9.12. The molecule has 0 bridgehead atoms. The predicted octanol–water partition coefficient (Wildman–Crippen LogP) is 3.65. The van der Waals surface area contributed by atoms with Crippen molar-refractivity contribution in [3.8, 4) is 11.4 Å². The highest BCUT2D eigenvalue weighted by atomic mass is 32.2. The van der Waals surface area contributed by atoms with Crippen molar-refractivity contribution in [1.29, 1.82) is 0 Å². The van der Waals surface area contributed by atoms with E-state index in [-0.39, 0.29) is 35.1 Å². The van der Waals surface area contributed by atoms with Gasteiger partial charge in [-0.15, -0.1) is 0 Å². The largest absolute Gasteiger partial charge is 0.471 e. The minimum absolute atomic E-state index is 0.0197. The average molecular weight is 498 g/mol. The van der Waals surface area contributed by atoms with Crippen molar-refractivity contribution < 1.29 is 35.3 Å². The molecule has 3 aromatic rings. The number of carbonyl (C=O) groups excluding carboxylic acids is 1. The van der Waals surface area contributed by atoms with E-state index in [4.69, 9.17) is 0 Å². The van der Waals surface area contributed by atoms with Crippen LogP contribution in [0.25, 0.3) is 11.4 Å². The Morgan fingerprint density at radius 1 is 1.21 bits per heavy atom. The van der Waals surface area contributed by atoms with Crippen LogP contribution in [0, 0.1) is 11.7 Å². The third-order valence-electron chi connectivity index (χ3n) is 5.27. The van der Waals surface area contributed by atoms with Crippen LogP contribution in [0.2, 0.25) is 0 Å². The lowest BCUT2D eigenvalue weighted by Crippen LogP contribution is -2.41. The first-order valence-corrected chi connectivity index (χ1v) is 12.0. The number of hydrogen-bond acceptors (Lipinski definition) is 7. The van der Waals surface area contributed by atoms with Crippen LogP contribution in [-0.4, -0.2) is 41.0 Å². The Morgan fingerprint density at radius 3 is 2.62 bits per heavy atom. The lowest BCUT2D eigenvalue weighted by Gasteiger charge is -2.29. The Bertz CT molecular complexity index is 1290. The van der Waals surface area contributed by atoms with Crippen molar-refractivity contribution in [1.82, 2.24) is 15.1 Å². The second-order valence-electron chi connectivity index (χ2n) is 7.82. The molecule has 1 aliphatic rings. The van der Waals surface area contributed by atoms with Crippen LogP contribution in [0.3, 0.4) is 0 Å². The van der Waals surface area contributed by atoms with E-state index in [2.05, 4.69) is 19.6 Å². The molecule has 1 atom stereocenters. The molecule has 0 radical (unpaired) electrons. The molecule has 8 nitrogen and oxygen atoms in total. The Hall–Kier alpha value is -3.35. The van der Waals surface area contributed by atoms with E-state index in [1.54, 1.807) is 0 Å². The van der Waals surface area contributed by atoms with Crippen LogP contribution in [0.15, 0.2) is 47.1 Å². The number of anilines is 1. The highest BCUT2D eigenvalue weighted by molar-refractivity contribution is 7.91. The van der Waals surface area contributed by atoms with Crippen LogP contribution in [0.5, 0.6) is 0 Å². The zero-order valence-electron chi connectivity index (χ0n) is 17.5. The molecule has 180 valence electrons. The maximum absolute atomic E-state index is 13.9. The monoisotopic (exact) mass is 498 g/mol. The van der Waals surface area contributed by atoms with Crippen molar-refractivity contribution in [2.24, 2.45) is 5.92 Å². The van der Waals surface area contributed by atoms with E-state index in [1.807, 2.05) is 0 Å². The van der Waals surface area contributed by atoms with Gasteiger partial charge in [-0.05, 0) is 43.2 Å². The Kier molecular flexibility index (Phi) is 6.39. The van der Waals surface area contributed by atoms with Gasteiger partial charge in [-0.1, -0.05) is 11.2 Å². The third kappa shape index (κ3) is 5.41. The predicted molar refractivity (Wildman–Crippen MR) is 111 cm³/mol. The summed E-state index contributed by atoms with van der Waals surface area (Å²) in [4.78, 5) is 22.0. The smallest absolute Gasteiger partial charge is 0.329 e. The zero-order chi connectivity index (χ0) is 24.5. The van der Waals surface area contributed by atoms with Crippen molar-refractivity contribution in [2.75, 3.05) is 16.4 Å². The number of amides is 1. The number of rotatable bonds is 5. The second-order valence-corrected chi connectivity index (χ2v) is 10.0. The summed E-state index contributed by atoms with van der Waals surface area (Å²) in [5.41, 5.74) is 0.719. The van der Waals surface area contributed by atoms with E-state index in [0.29, 0.717) is 18.5 Å². The van der Waals surface area contributed by atoms with Gasteiger partial charge in [0.2, 0.25) is 11.7 Å². The topological polar surface area (TPSA) is 106 Å². The molecule has 3 heterocycles. The number of hydrogen-bond donors (Lipinski definition) is 0. The van der Waals surface area contributed by atoms with Crippen LogP contribution >= 0.6 is 0 Å². The van der Waals surface area contributed by atoms with Gasteiger partial charge in [-0.3, -0.25) is 9.78 Å². The van der Waals surface area contributed by atoms with Crippen molar-refractivity contribution >= 4 is 21.4 Å². The standard InChI is InChI=1S/C21H18F4N4O4S/c22-15-4-1-5-17(9-15)29(19(30)14-3-2-8-34(31,32)12-14)11-16-7-6-13(10-26-16)18-27-20(33-28-18)21(23,24)25/h1,4-7,9-10,14H,2-3,8,11-12H2. The summed E-state index contributed by atoms with van der Waals surface area (Å²) in [5, 5.41) is 3.29. The fourth-order valence-electron chi connectivity index (χ4n) is 3.65. The van der Waals surface area contributed by atoms with Gasteiger partial charge in [0, 0.05) is 17.4 Å². The van der Waals surface area contributed by atoms with Gasteiger partial charge in [-0.2, -0.15) is 18.2 Å². The molecule has 4 rings (SSSR count). The van der Waals surface area contributed by atoms with Crippen LogP contribution < -0.4 is 4.90 Å². The van der Waals surface area contributed by atoms with Gasteiger partial charge in [-0.25, -0.2) is 12.8 Å². The molecule has 2 aromatic heterocycles. The van der Waals surface area contributed by atoms with Crippen molar-refractivity contribution in [3.05, 3.63) is 60.0 Å². The SMILES string of the molecule is O=C(C1CCCS(=O)(=O)C1)N(Cc1ccc(-c2noc(C(F)(F)F)n2)cn1)c1cccc(F)c1. The number of alkyl halides is 3. The zero-order valence-corrected chi connectivity index (χ0v) is 18.3. The average Bonchev–Trinajstić information content (AvgIpc) is 3.28.